The number of benzene rings is 1. The number of hydrogen-bond acceptors (Lipinski definition) is 2. The summed E-state index contributed by atoms with van der Waals surface area (Å²) in [5.41, 5.74) is 4.94. The molecule has 2 nitrogen and oxygen atoms in total. The molecular weight excluding hydrogens is 160 g/mol. The second-order valence-corrected chi connectivity index (χ2v) is 3.37. The van der Waals surface area contributed by atoms with Crippen molar-refractivity contribution in [2.75, 3.05) is 11.9 Å². The summed E-state index contributed by atoms with van der Waals surface area (Å²) in [5, 5.41) is 3.33. The van der Waals surface area contributed by atoms with Gasteiger partial charge < -0.3 is 5.32 Å². The van der Waals surface area contributed by atoms with Gasteiger partial charge >= 0.3 is 0 Å². The van der Waals surface area contributed by atoms with Crippen LogP contribution in [0.1, 0.15) is 18.1 Å². The minimum absolute atomic E-state index is 0.847. The Morgan fingerprint density at radius 3 is 3.08 bits per heavy atom. The summed E-state index contributed by atoms with van der Waals surface area (Å²) >= 11 is 0. The van der Waals surface area contributed by atoms with Crippen molar-refractivity contribution < 1.29 is 0 Å². The molecule has 68 valence electrons. The third-order valence-electron chi connectivity index (χ3n) is 2.32. The van der Waals surface area contributed by atoms with E-state index < -0.39 is 0 Å². The maximum absolute atomic E-state index is 4.42. The van der Waals surface area contributed by atoms with Crippen LogP contribution in [0.5, 0.6) is 0 Å². The minimum atomic E-state index is 0.847. The summed E-state index contributed by atoms with van der Waals surface area (Å²) in [6, 6.07) is 4.37. The fourth-order valence-electron chi connectivity index (χ4n) is 1.70. The predicted octanol–water partition coefficient (Wildman–Crippen LogP) is 2.69. The number of aliphatic imine (C=N–C) groups is 1. The van der Waals surface area contributed by atoms with E-state index in [4.69, 9.17) is 0 Å². The van der Waals surface area contributed by atoms with Crippen LogP contribution in [-0.4, -0.2) is 12.8 Å². The molecule has 2 heteroatoms. The lowest BCUT2D eigenvalue weighted by molar-refractivity contribution is 1.12. The molecule has 13 heavy (non-hydrogen) atoms. The largest absolute Gasteiger partial charge is 0.378 e. The summed E-state index contributed by atoms with van der Waals surface area (Å²) < 4.78 is 0. The lowest BCUT2D eigenvalue weighted by Gasteiger charge is -2.16. The molecule has 0 fully saturated rings. The molecule has 0 amide bonds. The molecule has 0 saturated heterocycles. The Kier molecular flexibility index (Phi) is 2.05. The number of hydrogen-bond donors (Lipinski definition) is 1. The second kappa shape index (κ2) is 3.21. The Labute approximate surface area is 78.7 Å². The number of aryl methyl sites for hydroxylation is 2. The van der Waals surface area contributed by atoms with Gasteiger partial charge in [0.15, 0.2) is 0 Å². The van der Waals surface area contributed by atoms with Gasteiger partial charge in [0, 0.05) is 6.21 Å². The fraction of sp³-hybridized carbons (Fsp3) is 0.364. The first kappa shape index (κ1) is 8.30. The molecule has 1 aromatic carbocycles. The molecule has 1 heterocycles. The van der Waals surface area contributed by atoms with Crippen LogP contribution in [0, 0.1) is 6.92 Å². The first-order chi connectivity index (χ1) is 6.31. The van der Waals surface area contributed by atoms with Crippen molar-refractivity contribution in [2.45, 2.75) is 20.3 Å². The highest BCUT2D eigenvalue weighted by Crippen LogP contribution is 2.32. The summed E-state index contributed by atoms with van der Waals surface area (Å²) in [7, 11) is 0. The number of fused-ring (bicyclic) bond motifs is 1. The van der Waals surface area contributed by atoms with Crippen LogP contribution in [0.2, 0.25) is 0 Å². The quantitative estimate of drug-likeness (QED) is 0.695. The van der Waals surface area contributed by atoms with Gasteiger partial charge in [-0.25, -0.2) is 0 Å². The number of nitrogens with one attached hydrogen (secondary N) is 1. The average molecular weight is 174 g/mol. The van der Waals surface area contributed by atoms with E-state index in [1.165, 1.54) is 16.8 Å². The summed E-state index contributed by atoms with van der Waals surface area (Å²) in [5.74, 6) is 0. The Morgan fingerprint density at radius 2 is 2.31 bits per heavy atom. The normalized spacial score (nSPS) is 13.7. The van der Waals surface area contributed by atoms with Gasteiger partial charge in [-0.15, -0.1) is 0 Å². The summed E-state index contributed by atoms with van der Waals surface area (Å²) in [4.78, 5) is 4.42. The Morgan fingerprint density at radius 1 is 1.46 bits per heavy atom. The zero-order valence-corrected chi connectivity index (χ0v) is 8.09. The Bertz CT molecular complexity index is 353. The average Bonchev–Trinajstić information content (AvgIpc) is 2.16. The molecule has 1 aliphatic heterocycles. The van der Waals surface area contributed by atoms with Crippen LogP contribution in [0.15, 0.2) is 17.1 Å². The molecule has 1 N–H and O–H groups in total. The molecular formula is C11H14N2. The highest BCUT2D eigenvalue weighted by atomic mass is 15.0. The molecule has 0 spiro atoms. The maximum atomic E-state index is 4.42. The van der Waals surface area contributed by atoms with Crippen molar-refractivity contribution in [1.29, 1.82) is 0 Å². The van der Waals surface area contributed by atoms with Gasteiger partial charge in [0.1, 0.15) is 0 Å². The smallest absolute Gasteiger partial charge is 0.0889 e. The molecule has 1 aliphatic rings. The zero-order valence-electron chi connectivity index (χ0n) is 8.09. The van der Waals surface area contributed by atoms with Crippen molar-refractivity contribution in [3.63, 3.8) is 0 Å². The van der Waals surface area contributed by atoms with Crippen LogP contribution in [0.4, 0.5) is 11.4 Å². The number of anilines is 1. The lowest BCUT2D eigenvalue weighted by Crippen LogP contribution is -2.08. The highest BCUT2D eigenvalue weighted by Gasteiger charge is 2.09. The molecule has 0 atom stereocenters. The maximum Gasteiger partial charge on any atom is 0.0889 e. The van der Waals surface area contributed by atoms with Crippen LogP contribution in [0.25, 0.3) is 0 Å². The van der Waals surface area contributed by atoms with Crippen LogP contribution in [-0.2, 0) is 6.42 Å². The van der Waals surface area contributed by atoms with Crippen LogP contribution >= 0.6 is 0 Å². The number of nitrogens with zero attached hydrogens (tertiary/aromatic N) is 1. The standard InChI is InChI=1S/C11H14N2/c1-3-9-6-8(2)7-10-11(9)13-5-4-12-10/h5-7,12H,3-4H2,1-2H3. The van der Waals surface area contributed by atoms with Gasteiger partial charge in [-0.1, -0.05) is 13.0 Å². The van der Waals surface area contributed by atoms with E-state index in [2.05, 4.69) is 36.3 Å². The highest BCUT2D eigenvalue weighted by molar-refractivity contribution is 5.82. The van der Waals surface area contributed by atoms with Crippen molar-refractivity contribution in [3.8, 4) is 0 Å². The third kappa shape index (κ3) is 1.44. The second-order valence-electron chi connectivity index (χ2n) is 3.37. The molecule has 0 aromatic heterocycles. The van der Waals surface area contributed by atoms with Gasteiger partial charge in [-0.05, 0) is 30.5 Å². The van der Waals surface area contributed by atoms with Crippen LogP contribution < -0.4 is 5.32 Å². The van der Waals surface area contributed by atoms with Gasteiger partial charge in [0.05, 0.1) is 17.9 Å². The topological polar surface area (TPSA) is 24.4 Å². The van der Waals surface area contributed by atoms with Crippen LogP contribution in [0.3, 0.4) is 0 Å². The van der Waals surface area contributed by atoms with Gasteiger partial charge in [-0.3, -0.25) is 4.99 Å². The molecule has 0 radical (unpaired) electrons. The zero-order chi connectivity index (χ0) is 9.26. The van der Waals surface area contributed by atoms with Crippen molar-refractivity contribution in [2.24, 2.45) is 4.99 Å². The van der Waals surface area contributed by atoms with E-state index >= 15 is 0 Å². The van der Waals surface area contributed by atoms with E-state index in [1.54, 1.807) is 0 Å². The van der Waals surface area contributed by atoms with E-state index in [9.17, 15) is 0 Å². The van der Waals surface area contributed by atoms with E-state index in [1.807, 2.05) is 6.21 Å². The van der Waals surface area contributed by atoms with Gasteiger partial charge in [0.25, 0.3) is 0 Å². The fourth-order valence-corrected chi connectivity index (χ4v) is 1.70. The summed E-state index contributed by atoms with van der Waals surface area (Å²) in [6.45, 7) is 5.14. The third-order valence-corrected chi connectivity index (χ3v) is 2.32. The number of rotatable bonds is 1. The van der Waals surface area contributed by atoms with E-state index in [0.717, 1.165) is 18.7 Å². The van der Waals surface area contributed by atoms with Crippen molar-refractivity contribution in [1.82, 2.24) is 0 Å². The van der Waals surface area contributed by atoms with E-state index in [-0.39, 0.29) is 0 Å². The SMILES string of the molecule is CCc1cc(C)cc2c1N=CCN2. The Balaban J connectivity index is 2.59. The first-order valence-electron chi connectivity index (χ1n) is 4.71. The molecule has 0 bridgehead atoms. The van der Waals surface area contributed by atoms with Gasteiger partial charge in [-0.2, -0.15) is 0 Å². The monoisotopic (exact) mass is 174 g/mol. The van der Waals surface area contributed by atoms with Crippen molar-refractivity contribution in [3.05, 3.63) is 23.3 Å². The molecule has 0 saturated carbocycles. The molecule has 2 rings (SSSR count). The van der Waals surface area contributed by atoms with Gasteiger partial charge in [0.2, 0.25) is 0 Å². The molecule has 0 aliphatic carbocycles. The summed E-state index contributed by atoms with van der Waals surface area (Å²) in [6.07, 6.45) is 2.97. The minimum Gasteiger partial charge on any atom is -0.378 e. The Hall–Kier alpha value is -1.31. The lowest BCUT2D eigenvalue weighted by atomic mass is 10.0. The molecule has 0 unspecified atom stereocenters. The van der Waals surface area contributed by atoms with E-state index in [0.29, 0.717) is 0 Å². The molecule has 1 aromatic rings. The predicted molar refractivity (Wildman–Crippen MR) is 57.2 cm³/mol. The van der Waals surface area contributed by atoms with Crippen molar-refractivity contribution >= 4 is 17.6 Å². The first-order valence-corrected chi connectivity index (χ1v) is 4.71.